The Morgan fingerprint density at radius 2 is 1.21 bits per heavy atom. The van der Waals surface area contributed by atoms with Crippen molar-refractivity contribution >= 4 is 85.7 Å². The molecule has 1 aliphatic rings. The Labute approximate surface area is 219 Å². The molecule has 39 heavy (non-hydrogen) atoms. The van der Waals surface area contributed by atoms with Crippen LogP contribution < -0.4 is 37.5 Å². The van der Waals surface area contributed by atoms with Gasteiger partial charge in [-0.3, -0.25) is 19.2 Å². The van der Waals surface area contributed by atoms with E-state index in [4.69, 9.17) is 0 Å². The highest BCUT2D eigenvalue weighted by molar-refractivity contribution is 8.03. The maximum Gasteiger partial charge on any atom is 0.196 e. The Balaban J connectivity index is 1.57. The Morgan fingerprint density at radius 1 is 0.615 bits per heavy atom. The lowest BCUT2D eigenvalue weighted by molar-refractivity contribution is 0.104. The lowest BCUT2D eigenvalue weighted by Crippen LogP contribution is -2.34. The fraction of sp³-hybridized carbons (Fsp3) is 0. The zero-order valence-corrected chi connectivity index (χ0v) is 21.6. The number of benzene rings is 4. The minimum Gasteiger partial charge on any atom is -0.289 e. The zero-order chi connectivity index (χ0) is 26.8. The van der Waals surface area contributed by atoms with Crippen molar-refractivity contribution < 1.29 is 14.4 Å². The van der Waals surface area contributed by atoms with Gasteiger partial charge in [-0.05, 0) is 16.7 Å². The summed E-state index contributed by atoms with van der Waals surface area (Å²) in [5.74, 6) is 1.54. The molecule has 0 saturated carbocycles. The molecule has 0 amide bonds. The first-order chi connectivity index (χ1) is 19.0. The van der Waals surface area contributed by atoms with Crippen LogP contribution in [0.15, 0.2) is 92.2 Å². The molecule has 7 aromatic carbocycles. The molecule has 6 nitrogen and oxygen atoms in total. The molecule has 0 bridgehead atoms. The molecule has 7 aromatic rings. The molecule has 1 atom stereocenters. The van der Waals surface area contributed by atoms with E-state index in [1.807, 2.05) is 60.7 Å². The topological polar surface area (TPSA) is 102 Å². The van der Waals surface area contributed by atoms with E-state index in [1.54, 1.807) is 12.1 Å². The van der Waals surface area contributed by atoms with E-state index >= 15 is 0 Å². The van der Waals surface area contributed by atoms with Crippen molar-refractivity contribution in [3.8, 4) is 0 Å². The van der Waals surface area contributed by atoms with Crippen LogP contribution in [-0.2, 0) is 9.59 Å². The number of ketones is 1. The van der Waals surface area contributed by atoms with E-state index in [-0.39, 0.29) is 59.2 Å². The fourth-order valence-electron chi connectivity index (χ4n) is 5.97. The monoisotopic (exact) mass is 542 g/mol. The number of fused-ring (bicyclic) bond motifs is 9. The lowest BCUT2D eigenvalue weighted by atomic mass is 10.0. The second-order valence-corrected chi connectivity index (χ2v) is 15.0. The summed E-state index contributed by atoms with van der Waals surface area (Å²) in [4.78, 5) is 79.2. The molecule has 0 spiro atoms. The van der Waals surface area contributed by atoms with Gasteiger partial charge in [-0.15, -0.1) is 0 Å². The number of hydrogen-bond acceptors (Lipinski definition) is 6. The van der Waals surface area contributed by atoms with E-state index in [2.05, 4.69) is 11.6 Å². The van der Waals surface area contributed by atoms with Gasteiger partial charge >= 0.3 is 0 Å². The van der Waals surface area contributed by atoms with Crippen LogP contribution in [0.4, 0.5) is 0 Å². The highest BCUT2D eigenvalue weighted by atomic mass is 31.2. The van der Waals surface area contributed by atoms with Crippen molar-refractivity contribution in [2.24, 2.45) is 0 Å². The van der Waals surface area contributed by atoms with E-state index in [0.717, 1.165) is 10.6 Å². The molecule has 0 N–H and O–H groups in total. The summed E-state index contributed by atoms with van der Waals surface area (Å²) in [6.07, 6.45) is 0. The smallest absolute Gasteiger partial charge is 0.196 e. The van der Waals surface area contributed by atoms with Gasteiger partial charge in [0.15, 0.2) is 22.1 Å². The summed E-state index contributed by atoms with van der Waals surface area (Å²) in [6, 6.07) is 21.5. The van der Waals surface area contributed by atoms with Gasteiger partial charge in [-0.1, -0.05) is 66.7 Å². The number of rotatable bonds is 4. The first-order valence-electron chi connectivity index (χ1n) is 12.0. The molecule has 0 saturated heterocycles. The minimum atomic E-state index is -3.78. The summed E-state index contributed by atoms with van der Waals surface area (Å²) in [5, 5.41) is 3.28. The quantitative estimate of drug-likeness (QED) is 0.250. The van der Waals surface area contributed by atoms with Gasteiger partial charge in [-0.25, -0.2) is 9.59 Å². The maximum atomic E-state index is 14.0. The van der Waals surface area contributed by atoms with Crippen molar-refractivity contribution in [2.75, 3.05) is 0 Å². The molecule has 0 aliphatic carbocycles. The van der Waals surface area contributed by atoms with E-state index < -0.39 is 31.4 Å². The van der Waals surface area contributed by atoms with Crippen LogP contribution >= 0.6 is 14.8 Å². The van der Waals surface area contributed by atoms with Gasteiger partial charge in [0.2, 0.25) is 0 Å². The first kappa shape index (κ1) is 22.4. The molecule has 8 heteroatoms. The largest absolute Gasteiger partial charge is 0.289 e. The maximum absolute atomic E-state index is 14.0. The average molecular weight is 542 g/mol. The van der Waals surface area contributed by atoms with Crippen molar-refractivity contribution in [3.63, 3.8) is 0 Å². The van der Waals surface area contributed by atoms with Gasteiger partial charge in [0.1, 0.15) is 11.6 Å². The zero-order valence-electron chi connectivity index (χ0n) is 19.8. The van der Waals surface area contributed by atoms with Crippen molar-refractivity contribution in [2.45, 2.75) is 0 Å². The number of carbonyl (C=O) groups excluding carboxylic acids is 3. The van der Waals surface area contributed by atoms with Gasteiger partial charge in [0, 0.05) is 62.0 Å². The average Bonchev–Trinajstić information content (AvgIpc) is 3.93. The highest BCUT2D eigenvalue weighted by Gasteiger charge is 2.51. The standard InChI is InChI=1S/C31H12O6P2/c32-13-19(38(15-7-3-1-4-8-15)16-9-5-2-6-10-16)39(14-33)18-12-11-17-20(27(17)34)21(18)28(35)25-23-22(29(23)36)24-26(30(24)37)31(25)39/h1-12H. The Bertz CT molecular complexity index is 2380. The van der Waals surface area contributed by atoms with Crippen molar-refractivity contribution in [1.82, 2.24) is 0 Å². The van der Waals surface area contributed by atoms with Crippen LogP contribution in [0.25, 0.3) is 32.3 Å². The Kier molecular flexibility index (Phi) is 4.20. The van der Waals surface area contributed by atoms with Gasteiger partial charge in [0.05, 0.1) is 11.9 Å². The summed E-state index contributed by atoms with van der Waals surface area (Å²) < 4.78 is 0. The molecule has 1 heterocycles. The lowest BCUT2D eigenvalue weighted by Gasteiger charge is -2.34. The molecule has 182 valence electrons. The molecule has 8 rings (SSSR count). The van der Waals surface area contributed by atoms with E-state index in [0.29, 0.717) is 5.39 Å². The van der Waals surface area contributed by atoms with Crippen molar-refractivity contribution in [1.29, 1.82) is 0 Å². The van der Waals surface area contributed by atoms with Gasteiger partial charge in [-0.2, -0.15) is 0 Å². The van der Waals surface area contributed by atoms with Gasteiger partial charge in [0.25, 0.3) is 0 Å². The molecule has 0 aromatic heterocycles. The molecule has 1 aliphatic heterocycles. The van der Waals surface area contributed by atoms with Crippen molar-refractivity contribution in [3.05, 3.63) is 120 Å². The molecular weight excluding hydrogens is 530 g/mol. The summed E-state index contributed by atoms with van der Waals surface area (Å²) in [6.45, 7) is -3.78. The van der Waals surface area contributed by atoms with Crippen LogP contribution in [0.1, 0.15) is 15.9 Å². The van der Waals surface area contributed by atoms with E-state index in [9.17, 15) is 28.8 Å². The summed E-state index contributed by atoms with van der Waals surface area (Å²) in [7, 11) is -1.68. The number of hydrogen-bond donors (Lipinski definition) is 0. The predicted octanol–water partition coefficient (Wildman–Crippen LogP) is 2.24. The third-order valence-corrected chi connectivity index (χ3v) is 14.6. The Hall–Kier alpha value is -4.55. The van der Waals surface area contributed by atoms with Crippen LogP contribution in [-0.4, -0.2) is 17.4 Å². The SMILES string of the molecule is O=C=C(P(c1ccccc1)c1ccccc1)P1(=C=O)c2ccc3c(=O)c3c2C(=O)c2c1c1c(=O)c1c1c(=O)c21. The third kappa shape index (κ3) is 2.57. The Morgan fingerprint density at radius 3 is 1.79 bits per heavy atom. The second kappa shape index (κ2) is 7.30. The molecular formula is C31H12O6P2. The third-order valence-electron chi connectivity index (χ3n) is 7.79. The molecule has 1 unspecified atom stereocenters. The summed E-state index contributed by atoms with van der Waals surface area (Å²) in [5.41, 5.74) is 1.10. The van der Waals surface area contributed by atoms with Crippen LogP contribution in [0.2, 0.25) is 0 Å². The summed E-state index contributed by atoms with van der Waals surface area (Å²) >= 11 is 0. The molecule has 0 radical (unpaired) electrons. The van der Waals surface area contributed by atoms with E-state index in [1.165, 1.54) is 0 Å². The first-order valence-corrected chi connectivity index (χ1v) is 15.2. The van der Waals surface area contributed by atoms with Crippen LogP contribution in [0, 0.1) is 0 Å². The highest BCUT2D eigenvalue weighted by Crippen LogP contribution is 2.67. The fourth-order valence-corrected chi connectivity index (χ4v) is 13.5. The minimum absolute atomic E-state index is 0.0271. The van der Waals surface area contributed by atoms with Crippen LogP contribution in [0.3, 0.4) is 0 Å². The predicted molar refractivity (Wildman–Crippen MR) is 155 cm³/mol. The second-order valence-electron chi connectivity index (χ2n) is 9.62. The number of carbonyl (C=O) groups is 1. The molecule has 0 fully saturated rings. The normalized spacial score (nSPS) is 16.9. The van der Waals surface area contributed by atoms with Crippen LogP contribution in [0.5, 0.6) is 0 Å². The van der Waals surface area contributed by atoms with Gasteiger partial charge < -0.3 is 0 Å².